The molecule has 1 amide bonds. The lowest BCUT2D eigenvalue weighted by molar-refractivity contribution is -0.102. The molecule has 3 aromatic rings. The predicted molar refractivity (Wildman–Crippen MR) is 137 cm³/mol. The standard InChI is InChI=1S/C29H34N2O4/c1-5-25(22-13-11-21(12-14-22)24-15-16-26(32)30-20(24)2)31-18-17-29(35-27(31)33,19-28(3,4)34)23-9-7-6-8-10-23/h6-16,25,34H,5,17-19H2,1-4H3,(H,30,32)/t25-,29-/m0/s1. The molecule has 4 rings (SSSR count). The number of ether oxygens (including phenoxy) is 1. The summed E-state index contributed by atoms with van der Waals surface area (Å²) in [6.45, 7) is 7.98. The van der Waals surface area contributed by atoms with E-state index in [0.29, 0.717) is 19.4 Å². The van der Waals surface area contributed by atoms with Crippen LogP contribution in [0, 0.1) is 6.92 Å². The first-order valence-electron chi connectivity index (χ1n) is 12.2. The molecule has 0 saturated carbocycles. The molecule has 0 radical (unpaired) electrons. The number of nitrogens with zero attached hydrogens (tertiary/aromatic N) is 1. The van der Waals surface area contributed by atoms with Crippen molar-refractivity contribution in [3.05, 3.63) is 93.9 Å². The Labute approximate surface area is 206 Å². The van der Waals surface area contributed by atoms with Crippen LogP contribution >= 0.6 is 0 Å². The first-order chi connectivity index (χ1) is 16.6. The summed E-state index contributed by atoms with van der Waals surface area (Å²) in [5.41, 5.74) is 2.77. The number of hydrogen-bond donors (Lipinski definition) is 2. The highest BCUT2D eigenvalue weighted by molar-refractivity contribution is 5.71. The minimum absolute atomic E-state index is 0.117. The lowest BCUT2D eigenvalue weighted by Crippen LogP contribution is -2.51. The molecule has 2 N–H and O–H groups in total. The summed E-state index contributed by atoms with van der Waals surface area (Å²) < 4.78 is 6.17. The van der Waals surface area contributed by atoms with Gasteiger partial charge in [-0.25, -0.2) is 4.79 Å². The normalized spacial score (nSPS) is 19.3. The zero-order valence-corrected chi connectivity index (χ0v) is 20.9. The van der Waals surface area contributed by atoms with Gasteiger partial charge in [0.05, 0.1) is 11.6 Å². The molecular formula is C29H34N2O4. The third-order valence-electron chi connectivity index (χ3n) is 6.78. The monoisotopic (exact) mass is 474 g/mol. The molecule has 1 aliphatic rings. The van der Waals surface area contributed by atoms with Gasteiger partial charge in [0, 0.05) is 36.7 Å². The first-order valence-corrected chi connectivity index (χ1v) is 12.2. The summed E-state index contributed by atoms with van der Waals surface area (Å²) in [5.74, 6) is 0. The molecule has 1 aromatic heterocycles. The number of amides is 1. The average molecular weight is 475 g/mol. The topological polar surface area (TPSA) is 82.6 Å². The van der Waals surface area contributed by atoms with E-state index >= 15 is 0 Å². The van der Waals surface area contributed by atoms with Crippen LogP contribution in [0.5, 0.6) is 0 Å². The number of carbonyl (C=O) groups is 1. The number of benzene rings is 2. The van der Waals surface area contributed by atoms with Gasteiger partial charge in [0.25, 0.3) is 0 Å². The average Bonchev–Trinajstić information content (AvgIpc) is 2.81. The molecule has 184 valence electrons. The van der Waals surface area contributed by atoms with Gasteiger partial charge in [0.15, 0.2) is 0 Å². The fourth-order valence-corrected chi connectivity index (χ4v) is 5.23. The molecule has 0 aliphatic carbocycles. The van der Waals surface area contributed by atoms with E-state index in [2.05, 4.69) is 11.9 Å². The van der Waals surface area contributed by atoms with Gasteiger partial charge in [-0.05, 0) is 49.9 Å². The third kappa shape index (κ3) is 5.33. The lowest BCUT2D eigenvalue weighted by Gasteiger charge is -2.46. The van der Waals surface area contributed by atoms with Crippen molar-refractivity contribution in [2.24, 2.45) is 0 Å². The van der Waals surface area contributed by atoms with Gasteiger partial charge >= 0.3 is 6.09 Å². The summed E-state index contributed by atoms with van der Waals surface area (Å²) in [7, 11) is 0. The Bertz CT molecular complexity index is 1230. The van der Waals surface area contributed by atoms with E-state index in [1.165, 1.54) is 6.07 Å². The van der Waals surface area contributed by atoms with E-state index in [9.17, 15) is 14.7 Å². The number of aliphatic hydroxyl groups is 1. The molecule has 2 heterocycles. The molecule has 1 fully saturated rings. The highest BCUT2D eigenvalue weighted by Crippen LogP contribution is 2.43. The van der Waals surface area contributed by atoms with Crippen LogP contribution < -0.4 is 5.56 Å². The summed E-state index contributed by atoms with van der Waals surface area (Å²) in [6, 6.07) is 21.1. The summed E-state index contributed by atoms with van der Waals surface area (Å²) in [4.78, 5) is 29.6. The number of nitrogens with one attached hydrogen (secondary N) is 1. The number of pyridine rings is 1. The molecule has 1 aliphatic heterocycles. The van der Waals surface area contributed by atoms with Crippen LogP contribution in [0.2, 0.25) is 0 Å². The molecular weight excluding hydrogens is 440 g/mol. The van der Waals surface area contributed by atoms with Gasteiger partial charge in [-0.3, -0.25) is 4.79 Å². The quantitative estimate of drug-likeness (QED) is 0.460. The fourth-order valence-electron chi connectivity index (χ4n) is 5.23. The van der Waals surface area contributed by atoms with Crippen LogP contribution in [0.1, 0.15) is 62.9 Å². The van der Waals surface area contributed by atoms with E-state index < -0.39 is 11.2 Å². The van der Waals surface area contributed by atoms with Crippen molar-refractivity contribution in [1.29, 1.82) is 0 Å². The Morgan fingerprint density at radius 1 is 1.06 bits per heavy atom. The zero-order valence-electron chi connectivity index (χ0n) is 20.9. The van der Waals surface area contributed by atoms with Crippen molar-refractivity contribution < 1.29 is 14.6 Å². The number of rotatable bonds is 7. The molecule has 0 bridgehead atoms. The first kappa shape index (κ1) is 24.7. The smallest absolute Gasteiger partial charge is 0.411 e. The molecule has 1 saturated heterocycles. The van der Waals surface area contributed by atoms with Gasteiger partial charge in [0.1, 0.15) is 5.60 Å². The van der Waals surface area contributed by atoms with Crippen LogP contribution in [0.4, 0.5) is 4.79 Å². The van der Waals surface area contributed by atoms with Gasteiger partial charge in [-0.15, -0.1) is 0 Å². The van der Waals surface area contributed by atoms with Crippen LogP contribution in [0.3, 0.4) is 0 Å². The number of hydrogen-bond acceptors (Lipinski definition) is 4. The molecule has 35 heavy (non-hydrogen) atoms. The number of aryl methyl sites for hydroxylation is 1. The number of carbonyl (C=O) groups excluding carboxylic acids is 1. The maximum atomic E-state index is 13.4. The van der Waals surface area contributed by atoms with Gasteiger partial charge in [0.2, 0.25) is 5.56 Å². The van der Waals surface area contributed by atoms with Crippen molar-refractivity contribution in [3.63, 3.8) is 0 Å². The van der Waals surface area contributed by atoms with Crippen molar-refractivity contribution in [2.75, 3.05) is 6.54 Å². The second kappa shape index (κ2) is 9.70. The Hall–Kier alpha value is -3.38. The molecule has 0 spiro atoms. The summed E-state index contributed by atoms with van der Waals surface area (Å²) >= 11 is 0. The summed E-state index contributed by atoms with van der Waals surface area (Å²) in [5, 5.41) is 10.6. The molecule has 6 heteroatoms. The number of H-pyrrole nitrogens is 1. The number of aromatic amines is 1. The SMILES string of the molecule is CC[C@@H](c1ccc(-c2ccc(=O)[nH]c2C)cc1)N1CC[C@](CC(C)(C)O)(c2ccccc2)OC1=O. The van der Waals surface area contributed by atoms with Crippen molar-refractivity contribution in [1.82, 2.24) is 9.88 Å². The van der Waals surface area contributed by atoms with E-state index in [-0.39, 0.29) is 17.7 Å². The molecule has 2 aromatic carbocycles. The zero-order chi connectivity index (χ0) is 25.2. The summed E-state index contributed by atoms with van der Waals surface area (Å²) in [6.07, 6.45) is 1.30. The van der Waals surface area contributed by atoms with Crippen molar-refractivity contribution in [3.8, 4) is 11.1 Å². The van der Waals surface area contributed by atoms with E-state index in [1.54, 1.807) is 18.7 Å². The van der Waals surface area contributed by atoms with Crippen LogP contribution in [0.25, 0.3) is 11.1 Å². The minimum atomic E-state index is -0.988. The highest BCUT2D eigenvalue weighted by Gasteiger charge is 2.46. The maximum Gasteiger partial charge on any atom is 0.411 e. The fraction of sp³-hybridized carbons (Fsp3) is 0.379. The Balaban J connectivity index is 1.58. The number of cyclic esters (lactones) is 1. The van der Waals surface area contributed by atoms with Crippen molar-refractivity contribution in [2.45, 2.75) is 64.2 Å². The Morgan fingerprint density at radius 3 is 2.31 bits per heavy atom. The van der Waals surface area contributed by atoms with Crippen molar-refractivity contribution >= 4 is 6.09 Å². The Kier molecular flexibility index (Phi) is 6.86. The van der Waals surface area contributed by atoms with Gasteiger partial charge in [-0.1, -0.05) is 61.5 Å². The lowest BCUT2D eigenvalue weighted by atomic mass is 9.80. The van der Waals surface area contributed by atoms with Gasteiger partial charge in [-0.2, -0.15) is 0 Å². The molecule has 0 unspecified atom stereocenters. The molecule has 6 nitrogen and oxygen atoms in total. The van der Waals surface area contributed by atoms with E-state index in [0.717, 1.165) is 34.4 Å². The second-order valence-electron chi connectivity index (χ2n) is 10.1. The van der Waals surface area contributed by atoms with Crippen LogP contribution in [0.15, 0.2) is 71.5 Å². The van der Waals surface area contributed by atoms with Crippen LogP contribution in [-0.4, -0.2) is 33.2 Å². The third-order valence-corrected chi connectivity index (χ3v) is 6.78. The largest absolute Gasteiger partial charge is 0.438 e. The maximum absolute atomic E-state index is 13.4. The van der Waals surface area contributed by atoms with E-state index in [4.69, 9.17) is 4.74 Å². The number of aromatic nitrogens is 1. The van der Waals surface area contributed by atoms with Crippen LogP contribution in [-0.2, 0) is 10.3 Å². The Morgan fingerprint density at radius 2 is 1.74 bits per heavy atom. The minimum Gasteiger partial charge on any atom is -0.438 e. The van der Waals surface area contributed by atoms with E-state index in [1.807, 2.05) is 67.6 Å². The second-order valence-corrected chi connectivity index (χ2v) is 10.1. The molecule has 2 atom stereocenters. The van der Waals surface area contributed by atoms with Gasteiger partial charge < -0.3 is 19.7 Å². The highest BCUT2D eigenvalue weighted by atomic mass is 16.6. The predicted octanol–water partition coefficient (Wildman–Crippen LogP) is 5.70.